The van der Waals surface area contributed by atoms with E-state index < -0.39 is 0 Å². The van der Waals surface area contributed by atoms with E-state index in [9.17, 15) is 10.2 Å². The van der Waals surface area contributed by atoms with Crippen LogP contribution < -0.4 is 0 Å². The molecule has 2 unspecified atom stereocenters. The molecule has 0 aromatic heterocycles. The van der Waals surface area contributed by atoms with Crippen LogP contribution in [0, 0.1) is 33.5 Å². The number of hydrogen-bond donors (Lipinski definition) is 2. The second kappa shape index (κ2) is 2.34. The zero-order valence-electron chi connectivity index (χ0n) is 11.3. The maximum Gasteiger partial charge on any atom is 0.0666 e. The van der Waals surface area contributed by atoms with E-state index in [1.165, 1.54) is 6.42 Å². The summed E-state index contributed by atoms with van der Waals surface area (Å²) in [4.78, 5) is 0. The van der Waals surface area contributed by atoms with Crippen LogP contribution in [-0.4, -0.2) is 22.4 Å². The molecule has 0 aromatic carbocycles. The van der Waals surface area contributed by atoms with Gasteiger partial charge in [0, 0.05) is 10.8 Å². The Labute approximate surface area is 103 Å². The van der Waals surface area contributed by atoms with Gasteiger partial charge in [-0.15, -0.1) is 0 Å². The molecule has 5 saturated carbocycles. The van der Waals surface area contributed by atoms with Crippen molar-refractivity contribution in [2.75, 3.05) is 0 Å². The van der Waals surface area contributed by atoms with Crippen molar-refractivity contribution in [3.63, 3.8) is 0 Å². The molecular formula is C15H24O2. The van der Waals surface area contributed by atoms with Crippen LogP contribution in [0.25, 0.3) is 0 Å². The minimum absolute atomic E-state index is 0.0695. The van der Waals surface area contributed by atoms with E-state index in [0.29, 0.717) is 5.92 Å². The van der Waals surface area contributed by atoms with Gasteiger partial charge in [-0.25, -0.2) is 0 Å². The highest BCUT2D eigenvalue weighted by Crippen LogP contribution is 2.94. The second-order valence-electron chi connectivity index (χ2n) is 8.39. The van der Waals surface area contributed by atoms with Gasteiger partial charge >= 0.3 is 0 Å². The van der Waals surface area contributed by atoms with Crippen molar-refractivity contribution in [1.82, 2.24) is 0 Å². The van der Waals surface area contributed by atoms with Gasteiger partial charge in [-0.1, -0.05) is 27.7 Å². The van der Waals surface area contributed by atoms with E-state index in [1.54, 1.807) is 0 Å². The SMILES string of the molecule is CC12C3C[C@@]4([C@H]1O)C(C)(C)C[C@@H](O)C[C@]4(C)[C@@H]32. The van der Waals surface area contributed by atoms with Gasteiger partial charge < -0.3 is 10.2 Å². The summed E-state index contributed by atoms with van der Waals surface area (Å²) in [7, 11) is 0. The molecule has 4 bridgehead atoms. The fourth-order valence-electron chi connectivity index (χ4n) is 7.34. The summed E-state index contributed by atoms with van der Waals surface area (Å²) in [6, 6.07) is 0. The Bertz CT molecular complexity index is 417. The zero-order chi connectivity index (χ0) is 12.4. The van der Waals surface area contributed by atoms with E-state index in [1.807, 2.05) is 0 Å². The van der Waals surface area contributed by atoms with Gasteiger partial charge in [0.25, 0.3) is 0 Å². The van der Waals surface area contributed by atoms with Gasteiger partial charge in [0.15, 0.2) is 0 Å². The Hall–Kier alpha value is -0.0800. The average molecular weight is 236 g/mol. The summed E-state index contributed by atoms with van der Waals surface area (Å²) >= 11 is 0. The Morgan fingerprint density at radius 2 is 1.59 bits per heavy atom. The summed E-state index contributed by atoms with van der Waals surface area (Å²) in [6.45, 7) is 9.18. The number of hydrogen-bond acceptors (Lipinski definition) is 2. The topological polar surface area (TPSA) is 40.5 Å². The van der Waals surface area contributed by atoms with Gasteiger partial charge in [0.05, 0.1) is 12.2 Å². The maximum absolute atomic E-state index is 10.9. The van der Waals surface area contributed by atoms with Gasteiger partial charge in [0.2, 0.25) is 0 Å². The Balaban J connectivity index is 1.94. The maximum atomic E-state index is 10.9. The van der Waals surface area contributed by atoms with Gasteiger partial charge in [-0.2, -0.15) is 0 Å². The molecule has 5 aliphatic carbocycles. The quantitative estimate of drug-likeness (QED) is 0.677. The first-order chi connectivity index (χ1) is 7.72. The molecule has 7 atom stereocenters. The highest BCUT2D eigenvalue weighted by molar-refractivity contribution is 5.40. The fourth-order valence-corrected chi connectivity index (χ4v) is 7.34. The minimum atomic E-state index is -0.169. The third-order valence-corrected chi connectivity index (χ3v) is 7.68. The standard InChI is InChI=1S/C15H24O2/c1-12(2)5-8(16)6-13(3)10-9-7-15(12,13)11(17)14(9,10)4/h8-11,16-17H,5-7H2,1-4H3/t8-,9?,10-,11+,13-,14?,15-/m1/s1. The third kappa shape index (κ3) is 0.732. The molecule has 5 rings (SSSR count). The normalized spacial score (nSPS) is 70.2. The van der Waals surface area contributed by atoms with Crippen molar-refractivity contribution < 1.29 is 10.2 Å². The lowest BCUT2D eigenvalue weighted by Crippen LogP contribution is -2.56. The summed E-state index contributed by atoms with van der Waals surface area (Å²) in [5.74, 6) is 1.39. The van der Waals surface area contributed by atoms with E-state index in [4.69, 9.17) is 0 Å². The number of aliphatic hydroxyl groups is 2. The first-order valence-corrected chi connectivity index (χ1v) is 7.08. The minimum Gasteiger partial charge on any atom is -0.393 e. The van der Waals surface area contributed by atoms with Crippen LogP contribution in [0.5, 0.6) is 0 Å². The predicted octanol–water partition coefficient (Wildman–Crippen LogP) is 2.19. The Kier molecular flexibility index (Phi) is 1.49. The number of rotatable bonds is 0. The smallest absolute Gasteiger partial charge is 0.0666 e. The molecule has 0 radical (unpaired) electrons. The van der Waals surface area contributed by atoms with Crippen molar-refractivity contribution in [2.24, 2.45) is 33.5 Å². The van der Waals surface area contributed by atoms with Crippen LogP contribution >= 0.6 is 0 Å². The van der Waals surface area contributed by atoms with Crippen molar-refractivity contribution >= 4 is 0 Å². The molecule has 0 saturated heterocycles. The molecule has 2 nitrogen and oxygen atoms in total. The van der Waals surface area contributed by atoms with Crippen LogP contribution in [0.2, 0.25) is 0 Å². The summed E-state index contributed by atoms with van der Waals surface area (Å²) in [5, 5.41) is 21.1. The van der Waals surface area contributed by atoms with Crippen LogP contribution in [-0.2, 0) is 0 Å². The lowest BCUT2D eigenvalue weighted by atomic mass is 9.47. The number of aliphatic hydroxyl groups excluding tert-OH is 2. The third-order valence-electron chi connectivity index (χ3n) is 7.68. The van der Waals surface area contributed by atoms with Crippen molar-refractivity contribution in [2.45, 2.75) is 59.2 Å². The van der Waals surface area contributed by atoms with Crippen LogP contribution in [0.3, 0.4) is 0 Å². The highest BCUT2D eigenvalue weighted by Gasteiger charge is 2.93. The first kappa shape index (κ1) is 10.8. The molecule has 2 N–H and O–H groups in total. The fraction of sp³-hybridized carbons (Fsp3) is 1.00. The molecule has 0 aromatic rings. The van der Waals surface area contributed by atoms with E-state index in [-0.39, 0.29) is 33.9 Å². The van der Waals surface area contributed by atoms with E-state index in [0.717, 1.165) is 18.8 Å². The van der Waals surface area contributed by atoms with Gasteiger partial charge in [-0.3, -0.25) is 0 Å². The lowest BCUT2D eigenvalue weighted by Gasteiger charge is -2.58. The van der Waals surface area contributed by atoms with Gasteiger partial charge in [-0.05, 0) is 41.9 Å². The van der Waals surface area contributed by atoms with Crippen LogP contribution in [0.4, 0.5) is 0 Å². The predicted molar refractivity (Wildman–Crippen MR) is 65.3 cm³/mol. The van der Waals surface area contributed by atoms with E-state index >= 15 is 0 Å². The summed E-state index contributed by atoms with van der Waals surface area (Å²) < 4.78 is 0. The van der Waals surface area contributed by atoms with Crippen LogP contribution in [0.15, 0.2) is 0 Å². The monoisotopic (exact) mass is 236 g/mol. The summed E-state index contributed by atoms with van der Waals surface area (Å²) in [5.41, 5.74) is 0.493. The second-order valence-corrected chi connectivity index (χ2v) is 8.39. The van der Waals surface area contributed by atoms with Gasteiger partial charge in [0.1, 0.15) is 0 Å². The summed E-state index contributed by atoms with van der Waals surface area (Å²) in [6.07, 6.45) is 2.65. The first-order valence-electron chi connectivity index (χ1n) is 7.08. The highest BCUT2D eigenvalue weighted by atomic mass is 16.3. The molecule has 5 fully saturated rings. The van der Waals surface area contributed by atoms with Crippen molar-refractivity contribution in [1.29, 1.82) is 0 Å². The lowest BCUT2D eigenvalue weighted by molar-refractivity contribution is -0.160. The molecule has 1 spiro atoms. The molecular weight excluding hydrogens is 212 g/mol. The molecule has 17 heavy (non-hydrogen) atoms. The zero-order valence-corrected chi connectivity index (χ0v) is 11.3. The molecule has 0 aliphatic heterocycles. The van der Waals surface area contributed by atoms with E-state index in [2.05, 4.69) is 27.7 Å². The molecule has 0 heterocycles. The molecule has 5 aliphatic rings. The molecule has 96 valence electrons. The average Bonchev–Trinajstić information content (AvgIpc) is 2.46. The van der Waals surface area contributed by atoms with Crippen LogP contribution in [0.1, 0.15) is 47.0 Å². The Morgan fingerprint density at radius 3 is 2.12 bits per heavy atom. The molecule has 0 amide bonds. The van der Waals surface area contributed by atoms with Crippen molar-refractivity contribution in [3.05, 3.63) is 0 Å². The van der Waals surface area contributed by atoms with Crippen molar-refractivity contribution in [3.8, 4) is 0 Å². The molecule has 2 heteroatoms. The Morgan fingerprint density at radius 1 is 0.941 bits per heavy atom. The largest absolute Gasteiger partial charge is 0.393 e.